The second kappa shape index (κ2) is 6.93. The topological polar surface area (TPSA) is 38.5 Å². The van der Waals surface area contributed by atoms with Gasteiger partial charge in [0.05, 0.1) is 10.6 Å². The van der Waals surface area contributed by atoms with Gasteiger partial charge in [0.15, 0.2) is 0 Å². The number of hydrogen-bond donors (Lipinski definition) is 1. The van der Waals surface area contributed by atoms with Gasteiger partial charge in [-0.2, -0.15) is 0 Å². The molecule has 0 aliphatic carbocycles. The van der Waals surface area contributed by atoms with E-state index in [9.17, 15) is 8.78 Å². The fraction of sp³-hybridized carbons (Fsp3) is 0.571. The van der Waals surface area contributed by atoms with Crippen LogP contribution in [0.25, 0.3) is 0 Å². The SMILES string of the molecule is COC1CCN(Cc2c(F)ccc(Br)c2F)C(CN)C1. The number of hydrogen-bond acceptors (Lipinski definition) is 3. The zero-order valence-corrected chi connectivity index (χ0v) is 13.0. The number of likely N-dealkylation sites (tertiary alicyclic amines) is 1. The maximum Gasteiger partial charge on any atom is 0.144 e. The van der Waals surface area contributed by atoms with Crippen LogP contribution in [0.3, 0.4) is 0 Å². The molecule has 1 saturated heterocycles. The van der Waals surface area contributed by atoms with Gasteiger partial charge < -0.3 is 10.5 Å². The van der Waals surface area contributed by atoms with Crippen LogP contribution in [0, 0.1) is 11.6 Å². The number of ether oxygens (including phenoxy) is 1. The number of nitrogens with zero attached hydrogens (tertiary/aromatic N) is 1. The molecule has 20 heavy (non-hydrogen) atoms. The van der Waals surface area contributed by atoms with Crippen LogP contribution in [-0.4, -0.2) is 37.2 Å². The van der Waals surface area contributed by atoms with Gasteiger partial charge in [0.1, 0.15) is 11.6 Å². The van der Waals surface area contributed by atoms with Crippen molar-refractivity contribution in [3.63, 3.8) is 0 Å². The smallest absolute Gasteiger partial charge is 0.144 e. The van der Waals surface area contributed by atoms with Gasteiger partial charge in [-0.05, 0) is 40.9 Å². The fourth-order valence-electron chi connectivity index (χ4n) is 2.65. The molecule has 1 aliphatic rings. The molecule has 2 unspecified atom stereocenters. The molecule has 0 spiro atoms. The van der Waals surface area contributed by atoms with Crippen molar-refractivity contribution in [3.8, 4) is 0 Å². The highest BCUT2D eigenvalue weighted by Crippen LogP contribution is 2.26. The lowest BCUT2D eigenvalue weighted by atomic mass is 9.98. The van der Waals surface area contributed by atoms with E-state index in [0.29, 0.717) is 6.54 Å². The maximum absolute atomic E-state index is 14.0. The highest BCUT2D eigenvalue weighted by Gasteiger charge is 2.29. The molecular weight excluding hydrogens is 330 g/mol. The van der Waals surface area contributed by atoms with Crippen LogP contribution in [0.1, 0.15) is 18.4 Å². The number of halogens is 3. The van der Waals surface area contributed by atoms with E-state index in [-0.39, 0.29) is 28.7 Å². The van der Waals surface area contributed by atoms with Gasteiger partial charge in [0.25, 0.3) is 0 Å². The normalized spacial score (nSPS) is 24.1. The quantitative estimate of drug-likeness (QED) is 0.850. The first-order valence-corrected chi connectivity index (χ1v) is 7.45. The van der Waals surface area contributed by atoms with Crippen molar-refractivity contribution in [1.82, 2.24) is 4.90 Å². The Labute approximate surface area is 126 Å². The molecule has 0 radical (unpaired) electrons. The number of nitrogens with two attached hydrogens (primary N) is 1. The van der Waals surface area contributed by atoms with Crippen molar-refractivity contribution in [3.05, 3.63) is 33.8 Å². The van der Waals surface area contributed by atoms with E-state index in [2.05, 4.69) is 15.9 Å². The third-order valence-corrected chi connectivity index (χ3v) is 4.51. The number of benzene rings is 1. The first-order chi connectivity index (χ1) is 9.56. The van der Waals surface area contributed by atoms with Crippen LogP contribution in [0.2, 0.25) is 0 Å². The minimum atomic E-state index is -0.533. The van der Waals surface area contributed by atoms with Crippen molar-refractivity contribution < 1.29 is 13.5 Å². The lowest BCUT2D eigenvalue weighted by molar-refractivity contribution is 0.00950. The third kappa shape index (κ3) is 3.36. The Balaban J connectivity index is 2.15. The summed E-state index contributed by atoms with van der Waals surface area (Å²) in [6, 6.07) is 2.75. The van der Waals surface area contributed by atoms with Crippen LogP contribution < -0.4 is 5.73 Å². The van der Waals surface area contributed by atoms with Gasteiger partial charge in [0, 0.05) is 38.3 Å². The average molecular weight is 349 g/mol. The lowest BCUT2D eigenvalue weighted by Crippen LogP contribution is -2.48. The first-order valence-electron chi connectivity index (χ1n) is 6.66. The molecule has 3 nitrogen and oxygen atoms in total. The van der Waals surface area contributed by atoms with Crippen molar-refractivity contribution >= 4 is 15.9 Å². The molecule has 1 aliphatic heterocycles. The van der Waals surface area contributed by atoms with Gasteiger partial charge in [-0.15, -0.1) is 0 Å². The summed E-state index contributed by atoms with van der Waals surface area (Å²) in [6.45, 7) is 1.41. The van der Waals surface area contributed by atoms with E-state index in [4.69, 9.17) is 10.5 Å². The fourth-order valence-corrected chi connectivity index (χ4v) is 3.02. The van der Waals surface area contributed by atoms with Gasteiger partial charge in [-0.1, -0.05) is 0 Å². The Morgan fingerprint density at radius 1 is 1.45 bits per heavy atom. The van der Waals surface area contributed by atoms with E-state index in [0.717, 1.165) is 19.4 Å². The molecule has 1 aromatic carbocycles. The van der Waals surface area contributed by atoms with E-state index in [1.54, 1.807) is 7.11 Å². The molecule has 6 heteroatoms. The summed E-state index contributed by atoms with van der Waals surface area (Å²) < 4.78 is 33.5. The van der Waals surface area contributed by atoms with Gasteiger partial charge in [-0.25, -0.2) is 8.78 Å². The summed E-state index contributed by atoms with van der Waals surface area (Å²) in [5.41, 5.74) is 5.87. The van der Waals surface area contributed by atoms with Gasteiger partial charge >= 0.3 is 0 Å². The summed E-state index contributed by atoms with van der Waals surface area (Å²) in [5, 5.41) is 0. The monoisotopic (exact) mass is 348 g/mol. The summed E-state index contributed by atoms with van der Waals surface area (Å²) >= 11 is 3.09. The highest BCUT2D eigenvalue weighted by atomic mass is 79.9. The van der Waals surface area contributed by atoms with Crippen LogP contribution in [0.15, 0.2) is 16.6 Å². The molecular formula is C14H19BrF2N2O. The van der Waals surface area contributed by atoms with Crippen molar-refractivity contribution in [2.75, 3.05) is 20.2 Å². The van der Waals surface area contributed by atoms with Gasteiger partial charge in [-0.3, -0.25) is 4.90 Å². The zero-order valence-electron chi connectivity index (χ0n) is 11.4. The first kappa shape index (κ1) is 15.8. The van der Waals surface area contributed by atoms with Gasteiger partial charge in [0.2, 0.25) is 0 Å². The molecule has 2 N–H and O–H groups in total. The zero-order chi connectivity index (χ0) is 14.7. The number of methoxy groups -OCH3 is 1. The van der Waals surface area contributed by atoms with Crippen molar-refractivity contribution in [2.24, 2.45) is 5.73 Å². The van der Waals surface area contributed by atoms with Crippen LogP contribution in [-0.2, 0) is 11.3 Å². The molecule has 112 valence electrons. The molecule has 1 fully saturated rings. The maximum atomic E-state index is 14.0. The highest BCUT2D eigenvalue weighted by molar-refractivity contribution is 9.10. The Morgan fingerprint density at radius 2 is 2.20 bits per heavy atom. The minimum absolute atomic E-state index is 0.0893. The molecule has 1 heterocycles. The second-order valence-corrected chi connectivity index (χ2v) is 5.92. The van der Waals surface area contributed by atoms with E-state index in [1.807, 2.05) is 4.90 Å². The summed E-state index contributed by atoms with van der Waals surface area (Å²) in [4.78, 5) is 2.03. The molecule has 0 amide bonds. The predicted molar refractivity (Wildman–Crippen MR) is 77.3 cm³/mol. The third-order valence-electron chi connectivity index (χ3n) is 3.90. The second-order valence-electron chi connectivity index (χ2n) is 5.06. The lowest BCUT2D eigenvalue weighted by Gasteiger charge is -2.38. The molecule has 0 bridgehead atoms. The number of rotatable bonds is 4. The number of piperidine rings is 1. The van der Waals surface area contributed by atoms with E-state index < -0.39 is 11.6 Å². The Morgan fingerprint density at radius 3 is 2.85 bits per heavy atom. The Hall–Kier alpha value is -0.560. The average Bonchev–Trinajstić information content (AvgIpc) is 2.47. The summed E-state index contributed by atoms with van der Waals surface area (Å²) in [5.74, 6) is -1.05. The molecule has 1 aromatic rings. The molecule has 0 aromatic heterocycles. The molecule has 2 rings (SSSR count). The minimum Gasteiger partial charge on any atom is -0.381 e. The van der Waals surface area contributed by atoms with Crippen LogP contribution in [0.4, 0.5) is 8.78 Å². The Bertz CT molecular complexity index is 473. The largest absolute Gasteiger partial charge is 0.381 e. The van der Waals surface area contributed by atoms with Crippen molar-refractivity contribution in [1.29, 1.82) is 0 Å². The van der Waals surface area contributed by atoms with E-state index in [1.165, 1.54) is 12.1 Å². The van der Waals surface area contributed by atoms with Crippen LogP contribution >= 0.6 is 15.9 Å². The van der Waals surface area contributed by atoms with E-state index >= 15 is 0 Å². The van der Waals surface area contributed by atoms with Crippen molar-refractivity contribution in [2.45, 2.75) is 31.5 Å². The van der Waals surface area contributed by atoms with Crippen LogP contribution in [0.5, 0.6) is 0 Å². The Kier molecular flexibility index (Phi) is 5.49. The molecule has 2 atom stereocenters. The molecule has 0 saturated carbocycles. The predicted octanol–water partition coefficient (Wildman–Crippen LogP) is 2.67. The summed E-state index contributed by atoms with van der Waals surface area (Å²) in [7, 11) is 1.68. The summed E-state index contributed by atoms with van der Waals surface area (Å²) in [6.07, 6.45) is 1.83. The standard InChI is InChI=1S/C14H19BrF2N2O/c1-20-10-4-5-19(9(6-10)7-18)8-11-13(16)3-2-12(15)14(11)17/h2-3,9-10H,4-8,18H2,1H3.